The van der Waals surface area contributed by atoms with Gasteiger partial charge in [0.05, 0.1) is 12.9 Å². The summed E-state index contributed by atoms with van der Waals surface area (Å²) in [6, 6.07) is 11.7. The van der Waals surface area contributed by atoms with E-state index in [1.807, 2.05) is 48.9 Å². The Morgan fingerprint density at radius 3 is 2.77 bits per heavy atom. The molecule has 0 saturated carbocycles. The Balaban J connectivity index is 1.44. The van der Waals surface area contributed by atoms with Crippen molar-refractivity contribution in [2.45, 2.75) is 19.5 Å². The summed E-state index contributed by atoms with van der Waals surface area (Å²) in [5.74, 6) is 1.81. The first kappa shape index (κ1) is 14.9. The van der Waals surface area contributed by atoms with Crippen LogP contribution < -0.4 is 5.32 Å². The van der Waals surface area contributed by atoms with Crippen molar-refractivity contribution >= 4 is 11.6 Å². The highest BCUT2D eigenvalue weighted by Gasteiger charge is 2.04. The Bertz CT molecular complexity index is 689. The Hall–Kier alpha value is -2.04. The predicted octanol–water partition coefficient (Wildman–Crippen LogP) is 3.98. The lowest BCUT2D eigenvalue weighted by Crippen LogP contribution is -2.15. The van der Waals surface area contributed by atoms with Gasteiger partial charge in [0.15, 0.2) is 0 Å². The first-order valence-electron chi connectivity index (χ1n) is 7.32. The zero-order valence-electron chi connectivity index (χ0n) is 12.2. The second-order valence-electron chi connectivity index (χ2n) is 5.10. The molecule has 0 aliphatic carbocycles. The van der Waals surface area contributed by atoms with Crippen molar-refractivity contribution < 1.29 is 4.42 Å². The maximum atomic E-state index is 5.89. The zero-order chi connectivity index (χ0) is 15.2. The summed E-state index contributed by atoms with van der Waals surface area (Å²) in [6.45, 7) is 2.65. The van der Waals surface area contributed by atoms with E-state index < -0.39 is 0 Å². The van der Waals surface area contributed by atoms with Crippen molar-refractivity contribution in [3.63, 3.8) is 0 Å². The number of nitrogens with zero attached hydrogens (tertiary/aromatic N) is 2. The molecule has 4 nitrogen and oxygen atoms in total. The lowest BCUT2D eigenvalue weighted by atomic mass is 10.2. The summed E-state index contributed by atoms with van der Waals surface area (Å²) < 4.78 is 7.92. The maximum Gasteiger partial charge on any atom is 0.134 e. The van der Waals surface area contributed by atoms with E-state index in [9.17, 15) is 0 Å². The summed E-state index contributed by atoms with van der Waals surface area (Å²) in [5, 5.41) is 4.12. The molecular formula is C17H18ClN3O. The van der Waals surface area contributed by atoms with Crippen LogP contribution in [0.1, 0.15) is 12.2 Å². The van der Waals surface area contributed by atoms with E-state index in [2.05, 4.69) is 14.9 Å². The Morgan fingerprint density at radius 1 is 1.14 bits per heavy atom. The second-order valence-corrected chi connectivity index (χ2v) is 5.54. The number of aryl methyl sites for hydroxylation is 1. The molecule has 0 radical (unpaired) electrons. The number of furan rings is 1. The smallest absolute Gasteiger partial charge is 0.134 e. The minimum Gasteiger partial charge on any atom is -0.460 e. The predicted molar refractivity (Wildman–Crippen MR) is 87.7 cm³/mol. The highest BCUT2D eigenvalue weighted by molar-refractivity contribution is 6.30. The van der Waals surface area contributed by atoms with Crippen LogP contribution in [0.25, 0.3) is 11.3 Å². The number of hydrogen-bond acceptors (Lipinski definition) is 3. The number of rotatable bonds is 7. The van der Waals surface area contributed by atoms with E-state index in [1.54, 1.807) is 6.20 Å². The van der Waals surface area contributed by atoms with E-state index in [-0.39, 0.29) is 0 Å². The van der Waals surface area contributed by atoms with Crippen molar-refractivity contribution in [2.24, 2.45) is 0 Å². The van der Waals surface area contributed by atoms with Crippen LogP contribution in [0, 0.1) is 0 Å². The summed E-state index contributed by atoms with van der Waals surface area (Å²) in [6.07, 6.45) is 6.67. The molecule has 114 valence electrons. The van der Waals surface area contributed by atoms with E-state index in [0.29, 0.717) is 0 Å². The topological polar surface area (TPSA) is 43.0 Å². The van der Waals surface area contributed by atoms with Gasteiger partial charge in [0.25, 0.3) is 0 Å². The van der Waals surface area contributed by atoms with Crippen LogP contribution in [0.3, 0.4) is 0 Å². The van der Waals surface area contributed by atoms with E-state index in [0.717, 1.165) is 48.2 Å². The van der Waals surface area contributed by atoms with Crippen molar-refractivity contribution in [3.05, 3.63) is 65.9 Å². The molecule has 2 aromatic heterocycles. The average molecular weight is 316 g/mol. The molecule has 2 heterocycles. The summed E-state index contributed by atoms with van der Waals surface area (Å²) in [7, 11) is 0. The normalized spacial score (nSPS) is 11.0. The van der Waals surface area contributed by atoms with Crippen LogP contribution in [0.4, 0.5) is 0 Å². The van der Waals surface area contributed by atoms with Crippen molar-refractivity contribution in [1.29, 1.82) is 0 Å². The van der Waals surface area contributed by atoms with E-state index in [4.69, 9.17) is 16.0 Å². The molecule has 0 saturated heterocycles. The van der Waals surface area contributed by atoms with Crippen molar-refractivity contribution in [1.82, 2.24) is 14.9 Å². The third-order valence-electron chi connectivity index (χ3n) is 3.42. The van der Waals surface area contributed by atoms with Gasteiger partial charge in [0.1, 0.15) is 11.5 Å². The molecule has 3 rings (SSSR count). The van der Waals surface area contributed by atoms with Crippen molar-refractivity contribution in [2.75, 3.05) is 6.54 Å². The fraction of sp³-hybridized carbons (Fsp3) is 0.235. The molecule has 0 unspecified atom stereocenters. The molecule has 22 heavy (non-hydrogen) atoms. The van der Waals surface area contributed by atoms with Gasteiger partial charge in [-0.05, 0) is 49.4 Å². The highest BCUT2D eigenvalue weighted by atomic mass is 35.5. The van der Waals surface area contributed by atoms with Gasteiger partial charge >= 0.3 is 0 Å². The van der Waals surface area contributed by atoms with Crippen LogP contribution in [-0.4, -0.2) is 16.1 Å². The molecule has 0 atom stereocenters. The molecule has 3 aromatic rings. The number of benzene rings is 1. The second kappa shape index (κ2) is 7.29. The standard InChI is InChI=1S/C17H18ClN3O/c18-15-4-2-14(3-5-15)17-7-6-16(22-17)12-19-8-1-10-21-11-9-20-13-21/h2-7,9,11,13,19H,1,8,10,12H2. The fourth-order valence-corrected chi connectivity index (χ4v) is 2.39. The molecular weight excluding hydrogens is 298 g/mol. The number of nitrogens with one attached hydrogen (secondary N) is 1. The third-order valence-corrected chi connectivity index (χ3v) is 3.67. The molecule has 0 bridgehead atoms. The third kappa shape index (κ3) is 4.00. The van der Waals surface area contributed by atoms with Gasteiger partial charge in [-0.1, -0.05) is 11.6 Å². The van der Waals surface area contributed by atoms with E-state index in [1.165, 1.54) is 0 Å². The fourth-order valence-electron chi connectivity index (χ4n) is 2.26. The summed E-state index contributed by atoms with van der Waals surface area (Å²) in [5.41, 5.74) is 1.04. The van der Waals surface area contributed by atoms with Gasteiger partial charge in [-0.15, -0.1) is 0 Å². The molecule has 0 aliphatic rings. The molecule has 0 spiro atoms. The number of aromatic nitrogens is 2. The van der Waals surface area contributed by atoms with Gasteiger partial charge in [-0.3, -0.25) is 0 Å². The Morgan fingerprint density at radius 2 is 2.00 bits per heavy atom. The van der Waals surface area contributed by atoms with Gasteiger partial charge < -0.3 is 14.3 Å². The van der Waals surface area contributed by atoms with Gasteiger partial charge in [0.2, 0.25) is 0 Å². The van der Waals surface area contributed by atoms with Crippen LogP contribution in [-0.2, 0) is 13.1 Å². The Kier molecular flexibility index (Phi) is 4.93. The minimum absolute atomic E-state index is 0.732. The number of halogens is 1. The van der Waals surface area contributed by atoms with Crippen LogP contribution in [0.15, 0.2) is 59.5 Å². The maximum absolute atomic E-state index is 5.89. The van der Waals surface area contributed by atoms with Gasteiger partial charge in [-0.2, -0.15) is 0 Å². The lowest BCUT2D eigenvalue weighted by molar-refractivity contribution is 0.484. The number of hydrogen-bond donors (Lipinski definition) is 1. The van der Waals surface area contributed by atoms with Crippen LogP contribution in [0.2, 0.25) is 5.02 Å². The molecule has 0 aliphatic heterocycles. The first-order chi connectivity index (χ1) is 10.8. The Labute approximate surface area is 134 Å². The summed E-state index contributed by atoms with van der Waals surface area (Å²) >= 11 is 5.89. The first-order valence-corrected chi connectivity index (χ1v) is 7.70. The van der Waals surface area contributed by atoms with Crippen LogP contribution >= 0.6 is 11.6 Å². The average Bonchev–Trinajstić information content (AvgIpc) is 3.19. The van der Waals surface area contributed by atoms with Crippen molar-refractivity contribution in [3.8, 4) is 11.3 Å². The van der Waals surface area contributed by atoms with Gasteiger partial charge in [-0.25, -0.2) is 4.98 Å². The molecule has 5 heteroatoms. The lowest BCUT2D eigenvalue weighted by Gasteiger charge is -2.04. The number of imidazole rings is 1. The van der Waals surface area contributed by atoms with Crippen LogP contribution in [0.5, 0.6) is 0 Å². The van der Waals surface area contributed by atoms with Gasteiger partial charge in [0, 0.05) is 29.5 Å². The molecule has 0 amide bonds. The molecule has 0 fully saturated rings. The zero-order valence-corrected chi connectivity index (χ0v) is 13.0. The minimum atomic E-state index is 0.732. The monoisotopic (exact) mass is 315 g/mol. The molecule has 1 N–H and O–H groups in total. The molecule has 1 aromatic carbocycles. The largest absolute Gasteiger partial charge is 0.460 e. The van der Waals surface area contributed by atoms with E-state index >= 15 is 0 Å². The summed E-state index contributed by atoms with van der Waals surface area (Å²) in [4.78, 5) is 4.02. The quantitative estimate of drug-likeness (QED) is 0.671. The highest BCUT2D eigenvalue weighted by Crippen LogP contribution is 2.23. The SMILES string of the molecule is Clc1ccc(-c2ccc(CNCCCn3ccnc3)o2)cc1.